The van der Waals surface area contributed by atoms with Gasteiger partial charge in [-0.15, -0.1) is 11.3 Å². The van der Waals surface area contributed by atoms with Crippen molar-refractivity contribution < 1.29 is 17.9 Å². The van der Waals surface area contributed by atoms with Crippen LogP contribution in [0.1, 0.15) is 16.5 Å². The highest BCUT2D eigenvalue weighted by Crippen LogP contribution is 2.37. The number of halogens is 3. The van der Waals surface area contributed by atoms with Crippen molar-refractivity contribution in [3.63, 3.8) is 0 Å². The minimum atomic E-state index is -4.40. The second kappa shape index (κ2) is 5.65. The van der Waals surface area contributed by atoms with Gasteiger partial charge >= 0.3 is 6.18 Å². The molecule has 112 valence electrons. The predicted octanol–water partition coefficient (Wildman–Crippen LogP) is 3.74. The number of aromatic nitrogens is 1. The van der Waals surface area contributed by atoms with E-state index in [0.29, 0.717) is 19.7 Å². The van der Waals surface area contributed by atoms with Crippen LogP contribution in [0, 0.1) is 0 Å². The summed E-state index contributed by atoms with van der Waals surface area (Å²) in [6.45, 7) is 1.17. The molecule has 1 saturated heterocycles. The molecule has 2 aromatic rings. The van der Waals surface area contributed by atoms with Gasteiger partial charge in [-0.05, 0) is 23.6 Å². The van der Waals surface area contributed by atoms with Crippen molar-refractivity contribution >= 4 is 17.2 Å². The van der Waals surface area contributed by atoms with Crippen LogP contribution < -0.4 is 4.90 Å². The van der Waals surface area contributed by atoms with Gasteiger partial charge in [-0.2, -0.15) is 13.2 Å². The average molecular weight is 314 g/mol. The molecule has 1 fully saturated rings. The Bertz CT molecular complexity index is 601. The molecule has 1 unspecified atom stereocenters. The molecule has 1 aliphatic heterocycles. The van der Waals surface area contributed by atoms with Crippen molar-refractivity contribution in [3.05, 3.63) is 46.3 Å². The zero-order valence-corrected chi connectivity index (χ0v) is 11.8. The topological polar surface area (TPSA) is 25.4 Å². The highest BCUT2D eigenvalue weighted by Gasteiger charge is 2.36. The summed E-state index contributed by atoms with van der Waals surface area (Å²) in [4.78, 5) is 6.61. The first kappa shape index (κ1) is 14.3. The van der Waals surface area contributed by atoms with Gasteiger partial charge in [-0.3, -0.25) is 0 Å². The van der Waals surface area contributed by atoms with Crippen LogP contribution in [0.25, 0.3) is 0 Å². The lowest BCUT2D eigenvalue weighted by atomic mass is 10.2. The highest BCUT2D eigenvalue weighted by molar-refractivity contribution is 7.10. The van der Waals surface area contributed by atoms with Crippen LogP contribution in [0.15, 0.2) is 35.8 Å². The Balaban J connectivity index is 1.87. The molecule has 1 atom stereocenters. The molecule has 21 heavy (non-hydrogen) atoms. The molecule has 0 spiro atoms. The Labute approximate surface area is 124 Å². The standard InChI is InChI=1S/C14H13F3N2OS/c15-14(16,17)10-3-1-5-18-13(10)19-6-7-20-11(9-19)12-4-2-8-21-12/h1-5,8,11H,6-7,9H2. The molecule has 0 aliphatic carbocycles. The minimum Gasteiger partial charge on any atom is -0.369 e. The van der Waals surface area contributed by atoms with Crippen molar-refractivity contribution in [1.82, 2.24) is 4.98 Å². The van der Waals surface area contributed by atoms with Gasteiger partial charge in [0.2, 0.25) is 0 Å². The normalized spacial score (nSPS) is 19.8. The van der Waals surface area contributed by atoms with Gasteiger partial charge in [0.05, 0.1) is 18.7 Å². The first-order chi connectivity index (χ1) is 10.1. The fourth-order valence-electron chi connectivity index (χ4n) is 2.36. The van der Waals surface area contributed by atoms with Crippen LogP contribution in [-0.4, -0.2) is 24.7 Å². The van der Waals surface area contributed by atoms with Crippen molar-refractivity contribution in [2.24, 2.45) is 0 Å². The van der Waals surface area contributed by atoms with E-state index in [1.165, 1.54) is 12.3 Å². The molecular weight excluding hydrogens is 301 g/mol. The lowest BCUT2D eigenvalue weighted by Gasteiger charge is -2.34. The van der Waals surface area contributed by atoms with Gasteiger partial charge in [0, 0.05) is 17.6 Å². The average Bonchev–Trinajstić information content (AvgIpc) is 3.01. The van der Waals surface area contributed by atoms with Crippen LogP contribution in [0.3, 0.4) is 0 Å². The van der Waals surface area contributed by atoms with Gasteiger partial charge in [-0.1, -0.05) is 6.07 Å². The monoisotopic (exact) mass is 314 g/mol. The largest absolute Gasteiger partial charge is 0.419 e. The Hall–Kier alpha value is -1.60. The Morgan fingerprint density at radius 2 is 2.14 bits per heavy atom. The van der Waals surface area contributed by atoms with Crippen molar-refractivity contribution in [2.45, 2.75) is 12.3 Å². The summed E-state index contributed by atoms with van der Waals surface area (Å²) in [5.74, 6) is -0.0187. The predicted molar refractivity (Wildman–Crippen MR) is 74.5 cm³/mol. The fourth-order valence-corrected chi connectivity index (χ4v) is 3.12. The van der Waals surface area contributed by atoms with Crippen molar-refractivity contribution in [2.75, 3.05) is 24.6 Å². The van der Waals surface area contributed by atoms with Gasteiger partial charge in [0.1, 0.15) is 11.9 Å². The molecule has 0 amide bonds. The highest BCUT2D eigenvalue weighted by atomic mass is 32.1. The number of nitrogens with zero attached hydrogens (tertiary/aromatic N) is 2. The lowest BCUT2D eigenvalue weighted by Crippen LogP contribution is -2.39. The molecule has 0 N–H and O–H groups in total. The van der Waals surface area contributed by atoms with E-state index in [4.69, 9.17) is 4.74 Å². The zero-order valence-electron chi connectivity index (χ0n) is 11.0. The van der Waals surface area contributed by atoms with Crippen LogP contribution in [0.2, 0.25) is 0 Å². The van der Waals surface area contributed by atoms with Gasteiger partial charge in [0.25, 0.3) is 0 Å². The smallest absolute Gasteiger partial charge is 0.369 e. The number of hydrogen-bond acceptors (Lipinski definition) is 4. The molecule has 3 rings (SSSR count). The summed E-state index contributed by atoms with van der Waals surface area (Å²) in [7, 11) is 0. The van der Waals surface area contributed by atoms with Gasteiger partial charge in [0.15, 0.2) is 0 Å². The summed E-state index contributed by atoms with van der Waals surface area (Å²) in [5.41, 5.74) is -0.697. The second-order valence-corrected chi connectivity index (χ2v) is 5.67. The van der Waals surface area contributed by atoms with E-state index >= 15 is 0 Å². The first-order valence-electron chi connectivity index (χ1n) is 6.48. The van der Waals surface area contributed by atoms with E-state index in [1.54, 1.807) is 16.2 Å². The van der Waals surface area contributed by atoms with Crippen molar-refractivity contribution in [3.8, 4) is 0 Å². The second-order valence-electron chi connectivity index (χ2n) is 4.69. The molecule has 3 nitrogen and oxygen atoms in total. The summed E-state index contributed by atoms with van der Waals surface area (Å²) in [6, 6.07) is 6.22. The SMILES string of the molecule is FC(F)(F)c1cccnc1N1CCOC(c2cccs2)C1. The third-order valence-corrected chi connectivity index (χ3v) is 4.28. The number of morpholine rings is 1. The molecule has 0 saturated carbocycles. The van der Waals surface area contributed by atoms with Crippen LogP contribution in [0.4, 0.5) is 19.0 Å². The van der Waals surface area contributed by atoms with Crippen LogP contribution in [0.5, 0.6) is 0 Å². The van der Waals surface area contributed by atoms with E-state index < -0.39 is 11.7 Å². The number of rotatable bonds is 2. The van der Waals surface area contributed by atoms with Crippen LogP contribution in [-0.2, 0) is 10.9 Å². The number of hydrogen-bond donors (Lipinski definition) is 0. The Morgan fingerprint density at radius 3 is 2.86 bits per heavy atom. The van der Waals surface area contributed by atoms with E-state index in [-0.39, 0.29) is 11.9 Å². The maximum absolute atomic E-state index is 13.1. The molecule has 3 heterocycles. The maximum Gasteiger partial charge on any atom is 0.419 e. The van der Waals surface area contributed by atoms with E-state index in [9.17, 15) is 13.2 Å². The van der Waals surface area contributed by atoms with E-state index in [0.717, 1.165) is 10.9 Å². The number of alkyl halides is 3. The number of ether oxygens (including phenoxy) is 1. The minimum absolute atomic E-state index is 0.0187. The molecular formula is C14H13F3N2OS. The molecule has 0 aromatic carbocycles. The quantitative estimate of drug-likeness (QED) is 0.844. The van der Waals surface area contributed by atoms with E-state index in [2.05, 4.69) is 4.98 Å². The van der Waals surface area contributed by atoms with Gasteiger partial charge < -0.3 is 9.64 Å². The fraction of sp³-hybridized carbons (Fsp3) is 0.357. The summed E-state index contributed by atoms with van der Waals surface area (Å²) in [6.07, 6.45) is -3.22. The molecule has 2 aromatic heterocycles. The summed E-state index contributed by atoms with van der Waals surface area (Å²) in [5, 5.41) is 1.93. The summed E-state index contributed by atoms with van der Waals surface area (Å²) >= 11 is 1.54. The van der Waals surface area contributed by atoms with Gasteiger partial charge in [-0.25, -0.2) is 4.98 Å². The van der Waals surface area contributed by atoms with Crippen LogP contribution >= 0.6 is 11.3 Å². The molecule has 0 bridgehead atoms. The molecule has 7 heteroatoms. The summed E-state index contributed by atoms with van der Waals surface area (Å²) < 4.78 is 44.9. The Kier molecular flexibility index (Phi) is 3.86. The lowest BCUT2D eigenvalue weighted by molar-refractivity contribution is -0.137. The maximum atomic E-state index is 13.1. The molecule has 0 radical (unpaired) electrons. The third-order valence-electron chi connectivity index (χ3n) is 3.32. The first-order valence-corrected chi connectivity index (χ1v) is 7.36. The number of pyridine rings is 1. The van der Waals surface area contributed by atoms with E-state index in [1.807, 2.05) is 17.5 Å². The number of thiophene rings is 1. The zero-order chi connectivity index (χ0) is 14.9. The Morgan fingerprint density at radius 1 is 1.29 bits per heavy atom. The van der Waals surface area contributed by atoms with Crippen molar-refractivity contribution in [1.29, 1.82) is 0 Å². The number of anilines is 1. The third kappa shape index (κ3) is 3.03. The molecule has 1 aliphatic rings.